The van der Waals surface area contributed by atoms with Crippen molar-refractivity contribution in [2.24, 2.45) is 0 Å². The highest BCUT2D eigenvalue weighted by Crippen LogP contribution is 2.54. The Labute approximate surface area is 208 Å². The molecular weight excluding hydrogens is 464 g/mol. The third-order valence-corrected chi connectivity index (χ3v) is 8.34. The summed E-state index contributed by atoms with van der Waals surface area (Å²) in [6, 6.07) is 16.0. The highest BCUT2D eigenvalue weighted by atomic mass is 32.2. The van der Waals surface area contributed by atoms with Gasteiger partial charge in [-0.15, -0.1) is 11.8 Å². The smallest absolute Gasteiger partial charge is 0.355 e. The zero-order valence-corrected chi connectivity index (χ0v) is 20.6. The average Bonchev–Trinajstić information content (AvgIpc) is 2.89. The van der Waals surface area contributed by atoms with Crippen LogP contribution in [0.1, 0.15) is 25.0 Å². The Morgan fingerprint density at radius 1 is 1.03 bits per heavy atom. The number of thioether (sulfide) groups is 1. The zero-order valence-electron chi connectivity index (χ0n) is 19.7. The molecule has 7 nitrogen and oxygen atoms in total. The highest BCUT2D eigenvalue weighted by Gasteiger charge is 2.58. The first kappa shape index (κ1) is 23.2. The minimum absolute atomic E-state index is 0.0152. The summed E-state index contributed by atoms with van der Waals surface area (Å²) in [4.78, 5) is 40.5. The molecule has 8 heteroatoms. The van der Waals surface area contributed by atoms with Gasteiger partial charge >= 0.3 is 5.97 Å². The lowest BCUT2D eigenvalue weighted by molar-refractivity contribution is -0.153. The SMILES string of the molecule is COc1ccc(COC(=O)C2=C3C(C)=C(C)[C@@H]3S[C@@H]3[C@H](NC(=O)Cc4ccccc4)C(=O)N23)cc1. The van der Waals surface area contributed by atoms with Gasteiger partial charge < -0.3 is 14.8 Å². The maximum Gasteiger partial charge on any atom is 0.355 e. The number of fused-ring (bicyclic) bond motifs is 2. The zero-order chi connectivity index (χ0) is 24.7. The molecule has 1 aliphatic carbocycles. The normalized spacial score (nSPS) is 22.5. The number of carbonyl (C=O) groups excluding carboxylic acids is 3. The number of nitrogens with zero attached hydrogens (tertiary/aromatic N) is 1. The molecule has 2 aromatic carbocycles. The van der Waals surface area contributed by atoms with Crippen LogP contribution in [0, 0.1) is 0 Å². The van der Waals surface area contributed by atoms with E-state index in [-0.39, 0.29) is 35.5 Å². The molecule has 180 valence electrons. The maximum atomic E-state index is 13.2. The van der Waals surface area contributed by atoms with Gasteiger partial charge in [0.15, 0.2) is 0 Å². The van der Waals surface area contributed by atoms with Gasteiger partial charge in [-0.3, -0.25) is 14.5 Å². The minimum Gasteiger partial charge on any atom is -0.497 e. The van der Waals surface area contributed by atoms with Crippen molar-refractivity contribution in [2.75, 3.05) is 7.11 Å². The largest absolute Gasteiger partial charge is 0.497 e. The summed E-state index contributed by atoms with van der Waals surface area (Å²) in [7, 11) is 1.59. The number of β-lactam (4-membered cyclic amide) rings is 1. The van der Waals surface area contributed by atoms with E-state index >= 15 is 0 Å². The predicted octanol–water partition coefficient (Wildman–Crippen LogP) is 3.35. The molecule has 2 aliphatic heterocycles. The van der Waals surface area contributed by atoms with Crippen molar-refractivity contribution >= 4 is 29.5 Å². The van der Waals surface area contributed by atoms with Crippen LogP contribution < -0.4 is 10.1 Å². The van der Waals surface area contributed by atoms with Crippen LogP contribution in [0.25, 0.3) is 0 Å². The second-order valence-corrected chi connectivity index (χ2v) is 10.0. The molecule has 35 heavy (non-hydrogen) atoms. The van der Waals surface area contributed by atoms with Crippen molar-refractivity contribution in [3.05, 3.63) is 88.1 Å². The summed E-state index contributed by atoms with van der Waals surface area (Å²) in [6.07, 6.45) is 0.196. The van der Waals surface area contributed by atoms with Crippen LogP contribution in [0.2, 0.25) is 0 Å². The van der Waals surface area contributed by atoms with Crippen molar-refractivity contribution in [3.63, 3.8) is 0 Å². The van der Waals surface area contributed by atoms with Gasteiger partial charge in [0.2, 0.25) is 5.91 Å². The fourth-order valence-electron chi connectivity index (χ4n) is 4.61. The molecular formula is C27H26N2O5S. The molecule has 2 heterocycles. The van der Waals surface area contributed by atoms with Crippen LogP contribution in [-0.4, -0.2) is 46.5 Å². The van der Waals surface area contributed by atoms with E-state index in [9.17, 15) is 14.4 Å². The molecule has 5 rings (SSSR count). The molecule has 0 saturated carbocycles. The van der Waals surface area contributed by atoms with Crippen molar-refractivity contribution in [1.82, 2.24) is 10.2 Å². The summed E-state index contributed by atoms with van der Waals surface area (Å²) < 4.78 is 10.8. The van der Waals surface area contributed by atoms with Crippen LogP contribution in [-0.2, 0) is 32.1 Å². The summed E-state index contributed by atoms with van der Waals surface area (Å²) >= 11 is 1.60. The van der Waals surface area contributed by atoms with E-state index in [1.54, 1.807) is 31.0 Å². The Balaban J connectivity index is 1.31. The standard InChI is InChI=1S/C27H26N2O5S/c1-15-16(2)24-21(15)23(27(32)34-14-18-9-11-19(33-3)12-10-18)29-25(31)22(26(29)35-24)28-20(30)13-17-7-5-4-6-8-17/h4-12,22,24,26H,13-14H2,1-3H3,(H,28,30)/t22-,24+,26-/m1/s1. The van der Waals surface area contributed by atoms with Crippen LogP contribution in [0.5, 0.6) is 5.75 Å². The Kier molecular flexibility index (Phi) is 6.15. The van der Waals surface area contributed by atoms with Gasteiger partial charge in [-0.1, -0.05) is 48.0 Å². The first-order valence-electron chi connectivity index (χ1n) is 11.4. The minimum atomic E-state index is -0.671. The molecule has 0 spiro atoms. The van der Waals surface area contributed by atoms with E-state index < -0.39 is 12.0 Å². The summed E-state index contributed by atoms with van der Waals surface area (Å²) in [5.41, 5.74) is 5.05. The fraction of sp³-hybridized carbons (Fsp3) is 0.296. The predicted molar refractivity (Wildman–Crippen MR) is 132 cm³/mol. The lowest BCUT2D eigenvalue weighted by Crippen LogP contribution is -2.71. The van der Waals surface area contributed by atoms with Crippen LogP contribution in [0.15, 0.2) is 77.0 Å². The van der Waals surface area contributed by atoms with Gasteiger partial charge in [0.25, 0.3) is 5.91 Å². The second kappa shape index (κ2) is 9.26. The number of carbonyl (C=O) groups is 3. The Bertz CT molecular complexity index is 1250. The number of amides is 2. The second-order valence-electron chi connectivity index (χ2n) is 8.82. The van der Waals surface area contributed by atoms with Crippen LogP contribution in [0.3, 0.4) is 0 Å². The number of methoxy groups -OCH3 is 1. The van der Waals surface area contributed by atoms with E-state index in [1.165, 1.54) is 10.5 Å². The number of hydrogen-bond donors (Lipinski definition) is 1. The number of esters is 1. The number of benzene rings is 2. The van der Waals surface area contributed by atoms with E-state index in [0.717, 1.165) is 28.0 Å². The van der Waals surface area contributed by atoms with E-state index in [4.69, 9.17) is 9.47 Å². The van der Waals surface area contributed by atoms with Gasteiger partial charge in [-0.2, -0.15) is 0 Å². The number of rotatable bonds is 7. The molecule has 0 radical (unpaired) electrons. The molecule has 0 aromatic heterocycles. The molecule has 0 bridgehead atoms. The first-order chi connectivity index (χ1) is 16.9. The molecule has 0 unspecified atom stereocenters. The lowest BCUT2D eigenvalue weighted by atomic mass is 9.81. The lowest BCUT2D eigenvalue weighted by Gasteiger charge is -2.54. The fourth-order valence-corrected chi connectivity index (χ4v) is 6.37. The van der Waals surface area contributed by atoms with Crippen molar-refractivity contribution < 1.29 is 23.9 Å². The van der Waals surface area contributed by atoms with Crippen molar-refractivity contribution in [3.8, 4) is 5.75 Å². The number of ether oxygens (including phenoxy) is 2. The topological polar surface area (TPSA) is 84.9 Å². The molecule has 2 aromatic rings. The van der Waals surface area contributed by atoms with Gasteiger partial charge in [0.1, 0.15) is 29.5 Å². The first-order valence-corrected chi connectivity index (χ1v) is 12.4. The molecule has 1 N–H and O–H groups in total. The Hall–Kier alpha value is -3.52. The maximum absolute atomic E-state index is 13.2. The van der Waals surface area contributed by atoms with Crippen molar-refractivity contribution in [1.29, 1.82) is 0 Å². The summed E-state index contributed by atoms with van der Waals surface area (Å²) in [6.45, 7) is 4.08. The summed E-state index contributed by atoms with van der Waals surface area (Å²) in [5.74, 6) is -0.313. The monoisotopic (exact) mass is 490 g/mol. The van der Waals surface area contributed by atoms with Gasteiger partial charge in [-0.25, -0.2) is 4.79 Å². The number of hydrogen-bond acceptors (Lipinski definition) is 6. The molecule has 2 amide bonds. The molecule has 1 fully saturated rings. The van der Waals surface area contributed by atoms with Crippen molar-refractivity contribution in [2.45, 2.75) is 43.5 Å². The third kappa shape index (κ3) is 4.12. The number of allylic oxidation sites excluding steroid dienone is 1. The van der Waals surface area contributed by atoms with E-state index in [1.807, 2.05) is 56.3 Å². The Morgan fingerprint density at radius 2 is 1.74 bits per heavy atom. The van der Waals surface area contributed by atoms with Gasteiger partial charge in [-0.05, 0) is 42.7 Å². The third-order valence-electron chi connectivity index (χ3n) is 6.71. The van der Waals surface area contributed by atoms with E-state index in [0.29, 0.717) is 5.70 Å². The average molecular weight is 491 g/mol. The van der Waals surface area contributed by atoms with Gasteiger partial charge in [0, 0.05) is 5.57 Å². The highest BCUT2D eigenvalue weighted by molar-refractivity contribution is 8.01. The molecule has 3 aliphatic rings. The Morgan fingerprint density at radius 3 is 2.43 bits per heavy atom. The quantitative estimate of drug-likeness (QED) is 0.473. The van der Waals surface area contributed by atoms with E-state index in [2.05, 4.69) is 5.32 Å². The number of nitrogens with one attached hydrogen (secondary N) is 1. The van der Waals surface area contributed by atoms with Crippen LogP contribution >= 0.6 is 11.8 Å². The van der Waals surface area contributed by atoms with Gasteiger partial charge in [0.05, 0.1) is 18.8 Å². The summed E-state index contributed by atoms with van der Waals surface area (Å²) in [5, 5.41) is 2.54. The molecule has 1 saturated heterocycles. The molecule has 3 atom stereocenters. The van der Waals surface area contributed by atoms with Crippen LogP contribution in [0.4, 0.5) is 0 Å².